The van der Waals surface area contributed by atoms with Crippen molar-refractivity contribution in [1.29, 1.82) is 0 Å². The van der Waals surface area contributed by atoms with Crippen LogP contribution in [0, 0.1) is 11.3 Å². The maximum Gasteiger partial charge on any atom is 0.220 e. The van der Waals surface area contributed by atoms with Crippen molar-refractivity contribution < 1.29 is 14.6 Å². The zero-order valence-electron chi connectivity index (χ0n) is 11.6. The van der Waals surface area contributed by atoms with Gasteiger partial charge in [0.1, 0.15) is 0 Å². The number of hydrogen-bond donors (Lipinski definition) is 2. The van der Waals surface area contributed by atoms with Gasteiger partial charge in [0.15, 0.2) is 0 Å². The maximum atomic E-state index is 11.6. The van der Waals surface area contributed by atoms with Crippen molar-refractivity contribution in [3.63, 3.8) is 0 Å². The van der Waals surface area contributed by atoms with E-state index in [1.807, 2.05) is 6.92 Å². The van der Waals surface area contributed by atoms with Gasteiger partial charge in [0.2, 0.25) is 5.91 Å². The molecule has 0 aromatic carbocycles. The summed E-state index contributed by atoms with van der Waals surface area (Å²) < 4.78 is 5.00. The summed E-state index contributed by atoms with van der Waals surface area (Å²) in [6.45, 7) is 7.68. The largest absolute Gasteiger partial charge is 0.396 e. The minimum Gasteiger partial charge on any atom is -0.396 e. The number of amides is 1. The Kier molecular flexibility index (Phi) is 8.17. The van der Waals surface area contributed by atoms with Crippen LogP contribution in [-0.4, -0.2) is 37.9 Å². The smallest absolute Gasteiger partial charge is 0.220 e. The van der Waals surface area contributed by atoms with Crippen molar-refractivity contribution in [3.05, 3.63) is 0 Å². The first-order valence-electron chi connectivity index (χ1n) is 6.28. The van der Waals surface area contributed by atoms with E-state index in [1.54, 1.807) is 7.11 Å². The fourth-order valence-electron chi connectivity index (χ4n) is 1.72. The van der Waals surface area contributed by atoms with E-state index in [0.29, 0.717) is 19.6 Å². The van der Waals surface area contributed by atoms with Crippen LogP contribution >= 0.6 is 0 Å². The van der Waals surface area contributed by atoms with Gasteiger partial charge < -0.3 is 15.2 Å². The number of ether oxygens (including phenoxy) is 1. The lowest BCUT2D eigenvalue weighted by Crippen LogP contribution is -2.35. The second-order valence-electron chi connectivity index (χ2n) is 5.53. The number of carbonyl (C=O) groups is 1. The van der Waals surface area contributed by atoms with Crippen LogP contribution in [0.2, 0.25) is 0 Å². The third kappa shape index (κ3) is 9.12. The molecule has 0 bridgehead atoms. The molecule has 0 spiro atoms. The Morgan fingerprint density at radius 1 is 1.47 bits per heavy atom. The summed E-state index contributed by atoms with van der Waals surface area (Å²) in [5.41, 5.74) is 0.0445. The number of hydrogen-bond acceptors (Lipinski definition) is 3. The van der Waals surface area contributed by atoms with Gasteiger partial charge in [0, 0.05) is 33.3 Å². The standard InChI is InChI=1S/C13H27NO3/c1-11(9-17-4)8-12(16)14-10-13(2,3)6-5-7-15/h11,15H,5-10H2,1-4H3,(H,14,16). The van der Waals surface area contributed by atoms with Crippen LogP contribution in [0.15, 0.2) is 0 Å². The quantitative estimate of drug-likeness (QED) is 0.648. The minimum atomic E-state index is 0.0445. The molecule has 0 saturated carbocycles. The minimum absolute atomic E-state index is 0.0445. The van der Waals surface area contributed by atoms with Crippen LogP contribution < -0.4 is 5.32 Å². The van der Waals surface area contributed by atoms with Crippen LogP contribution in [0.1, 0.15) is 40.0 Å². The molecule has 1 unspecified atom stereocenters. The number of carbonyl (C=O) groups excluding carboxylic acids is 1. The van der Waals surface area contributed by atoms with Gasteiger partial charge in [-0.05, 0) is 24.2 Å². The molecule has 4 heteroatoms. The van der Waals surface area contributed by atoms with E-state index >= 15 is 0 Å². The van der Waals surface area contributed by atoms with Crippen molar-refractivity contribution in [2.45, 2.75) is 40.0 Å². The Balaban J connectivity index is 3.82. The highest BCUT2D eigenvalue weighted by Crippen LogP contribution is 2.20. The molecule has 0 aliphatic heterocycles. The van der Waals surface area contributed by atoms with Crippen molar-refractivity contribution in [2.75, 3.05) is 26.9 Å². The van der Waals surface area contributed by atoms with Crippen LogP contribution in [-0.2, 0) is 9.53 Å². The van der Waals surface area contributed by atoms with Gasteiger partial charge in [0.05, 0.1) is 0 Å². The third-order valence-electron chi connectivity index (χ3n) is 2.76. The topological polar surface area (TPSA) is 58.6 Å². The fourth-order valence-corrected chi connectivity index (χ4v) is 1.72. The lowest BCUT2D eigenvalue weighted by molar-refractivity contribution is -0.122. The lowest BCUT2D eigenvalue weighted by Gasteiger charge is -2.25. The van der Waals surface area contributed by atoms with Crippen molar-refractivity contribution in [1.82, 2.24) is 5.32 Å². The second kappa shape index (κ2) is 8.48. The summed E-state index contributed by atoms with van der Waals surface area (Å²) in [6, 6.07) is 0. The number of rotatable bonds is 9. The molecular weight excluding hydrogens is 218 g/mol. The molecule has 0 aliphatic rings. The fraction of sp³-hybridized carbons (Fsp3) is 0.923. The highest BCUT2D eigenvalue weighted by molar-refractivity contribution is 5.76. The predicted octanol–water partition coefficient (Wildman–Crippen LogP) is 1.57. The van der Waals surface area contributed by atoms with E-state index in [0.717, 1.165) is 12.8 Å². The van der Waals surface area contributed by atoms with E-state index < -0.39 is 0 Å². The monoisotopic (exact) mass is 245 g/mol. The Morgan fingerprint density at radius 2 is 2.12 bits per heavy atom. The molecular formula is C13H27NO3. The molecule has 2 N–H and O–H groups in total. The van der Waals surface area contributed by atoms with E-state index in [-0.39, 0.29) is 23.8 Å². The van der Waals surface area contributed by atoms with Gasteiger partial charge in [-0.15, -0.1) is 0 Å². The lowest BCUT2D eigenvalue weighted by atomic mass is 9.88. The van der Waals surface area contributed by atoms with Gasteiger partial charge >= 0.3 is 0 Å². The zero-order valence-corrected chi connectivity index (χ0v) is 11.6. The molecule has 0 aromatic heterocycles. The van der Waals surface area contributed by atoms with Crippen molar-refractivity contribution in [2.24, 2.45) is 11.3 Å². The average Bonchev–Trinajstić information content (AvgIpc) is 2.24. The first-order chi connectivity index (χ1) is 7.91. The van der Waals surface area contributed by atoms with E-state index in [9.17, 15) is 4.79 Å². The summed E-state index contributed by atoms with van der Waals surface area (Å²) in [4.78, 5) is 11.6. The Labute approximate surface area is 105 Å². The molecule has 0 aromatic rings. The highest BCUT2D eigenvalue weighted by Gasteiger charge is 2.18. The molecule has 1 amide bonds. The van der Waals surface area contributed by atoms with Crippen molar-refractivity contribution >= 4 is 5.91 Å². The molecule has 1 atom stereocenters. The molecule has 0 fully saturated rings. The van der Waals surface area contributed by atoms with Gasteiger partial charge in [-0.25, -0.2) is 0 Å². The highest BCUT2D eigenvalue weighted by atomic mass is 16.5. The van der Waals surface area contributed by atoms with Gasteiger partial charge in [-0.2, -0.15) is 0 Å². The Bertz CT molecular complexity index is 217. The molecule has 0 radical (unpaired) electrons. The van der Waals surface area contributed by atoms with E-state index in [1.165, 1.54) is 0 Å². The van der Waals surface area contributed by atoms with E-state index in [2.05, 4.69) is 19.2 Å². The SMILES string of the molecule is COCC(C)CC(=O)NCC(C)(C)CCCO. The molecule has 0 heterocycles. The summed E-state index contributed by atoms with van der Waals surface area (Å²) in [7, 11) is 1.65. The first-order valence-corrected chi connectivity index (χ1v) is 6.28. The summed E-state index contributed by atoms with van der Waals surface area (Å²) in [5, 5.41) is 11.7. The first kappa shape index (κ1) is 16.4. The van der Waals surface area contributed by atoms with E-state index in [4.69, 9.17) is 9.84 Å². The molecule has 0 saturated heterocycles. The zero-order chi connectivity index (χ0) is 13.3. The van der Waals surface area contributed by atoms with Gasteiger partial charge in [0.25, 0.3) is 0 Å². The van der Waals surface area contributed by atoms with Crippen LogP contribution in [0.4, 0.5) is 0 Å². The number of aliphatic hydroxyl groups excluding tert-OH is 1. The van der Waals surface area contributed by atoms with Crippen LogP contribution in [0.5, 0.6) is 0 Å². The maximum absolute atomic E-state index is 11.6. The van der Waals surface area contributed by atoms with Gasteiger partial charge in [-0.1, -0.05) is 20.8 Å². The van der Waals surface area contributed by atoms with Crippen molar-refractivity contribution in [3.8, 4) is 0 Å². The molecule has 0 aliphatic carbocycles. The Morgan fingerprint density at radius 3 is 2.65 bits per heavy atom. The summed E-state index contributed by atoms with van der Waals surface area (Å²) >= 11 is 0. The third-order valence-corrected chi connectivity index (χ3v) is 2.76. The summed E-state index contributed by atoms with van der Waals surface area (Å²) in [6.07, 6.45) is 2.20. The molecule has 4 nitrogen and oxygen atoms in total. The molecule has 17 heavy (non-hydrogen) atoms. The molecule has 102 valence electrons. The number of nitrogens with one attached hydrogen (secondary N) is 1. The predicted molar refractivity (Wildman–Crippen MR) is 68.8 cm³/mol. The summed E-state index contributed by atoms with van der Waals surface area (Å²) in [5.74, 6) is 0.326. The Hall–Kier alpha value is -0.610. The second-order valence-corrected chi connectivity index (χ2v) is 5.53. The van der Waals surface area contributed by atoms with Crippen LogP contribution in [0.3, 0.4) is 0 Å². The number of methoxy groups -OCH3 is 1. The molecule has 0 rings (SSSR count). The number of aliphatic hydroxyl groups is 1. The average molecular weight is 245 g/mol. The van der Waals surface area contributed by atoms with Crippen LogP contribution in [0.25, 0.3) is 0 Å². The normalized spacial score (nSPS) is 13.5. The van der Waals surface area contributed by atoms with Gasteiger partial charge in [-0.3, -0.25) is 4.79 Å².